The summed E-state index contributed by atoms with van der Waals surface area (Å²) in [7, 11) is 0. The number of hydrogen-bond acceptors (Lipinski definition) is 3. The average molecular weight is 333 g/mol. The van der Waals surface area contributed by atoms with Crippen molar-refractivity contribution in [3.8, 4) is 0 Å². The minimum Gasteiger partial charge on any atom is -0.353 e. The zero-order valence-electron chi connectivity index (χ0n) is 9.37. The van der Waals surface area contributed by atoms with Crippen molar-refractivity contribution in [2.45, 2.75) is 38.6 Å². The van der Waals surface area contributed by atoms with Gasteiger partial charge in [0.25, 0.3) is 5.56 Å². The van der Waals surface area contributed by atoms with Crippen molar-refractivity contribution >= 4 is 28.4 Å². The van der Waals surface area contributed by atoms with E-state index in [1.165, 1.54) is 25.6 Å². The van der Waals surface area contributed by atoms with Crippen LogP contribution in [0.1, 0.15) is 32.6 Å². The number of aromatic nitrogens is 2. The Morgan fingerprint density at radius 3 is 3.19 bits per heavy atom. The van der Waals surface area contributed by atoms with Crippen LogP contribution in [0.4, 0.5) is 5.82 Å². The van der Waals surface area contributed by atoms with Crippen LogP contribution in [0.25, 0.3) is 0 Å². The minimum absolute atomic E-state index is 0.0361. The van der Waals surface area contributed by atoms with Gasteiger partial charge in [0.15, 0.2) is 0 Å². The third-order valence-corrected chi connectivity index (χ3v) is 4.12. The van der Waals surface area contributed by atoms with E-state index in [0.29, 0.717) is 9.61 Å². The van der Waals surface area contributed by atoms with E-state index in [0.717, 1.165) is 18.8 Å². The van der Waals surface area contributed by atoms with Gasteiger partial charge in [-0.3, -0.25) is 4.79 Å². The predicted octanol–water partition coefficient (Wildman–Crippen LogP) is 2.14. The molecule has 16 heavy (non-hydrogen) atoms. The summed E-state index contributed by atoms with van der Waals surface area (Å²) in [6.45, 7) is 3.22. The maximum absolute atomic E-state index is 11.5. The van der Waals surface area contributed by atoms with Crippen molar-refractivity contribution in [1.29, 1.82) is 0 Å². The van der Waals surface area contributed by atoms with Crippen molar-refractivity contribution in [1.82, 2.24) is 9.97 Å². The number of anilines is 1. The van der Waals surface area contributed by atoms with Crippen LogP contribution >= 0.6 is 22.6 Å². The van der Waals surface area contributed by atoms with Gasteiger partial charge in [0.2, 0.25) is 0 Å². The predicted molar refractivity (Wildman–Crippen MR) is 72.9 cm³/mol. The lowest BCUT2D eigenvalue weighted by Crippen LogP contribution is -2.41. The molecule has 1 aromatic heterocycles. The van der Waals surface area contributed by atoms with Crippen molar-refractivity contribution in [3.63, 3.8) is 0 Å². The lowest BCUT2D eigenvalue weighted by molar-refractivity contribution is 0.446. The van der Waals surface area contributed by atoms with Crippen LogP contribution in [0.3, 0.4) is 0 Å². The van der Waals surface area contributed by atoms with Crippen LogP contribution in [0.5, 0.6) is 0 Å². The van der Waals surface area contributed by atoms with Crippen LogP contribution in [-0.4, -0.2) is 22.6 Å². The highest BCUT2D eigenvalue weighted by molar-refractivity contribution is 14.1. The first-order chi connectivity index (χ1) is 7.74. The molecule has 88 valence electrons. The van der Waals surface area contributed by atoms with Gasteiger partial charge in [-0.05, 0) is 48.3 Å². The Hall–Kier alpha value is -0.590. The van der Waals surface area contributed by atoms with Crippen LogP contribution in [-0.2, 0) is 0 Å². The van der Waals surface area contributed by atoms with Crippen molar-refractivity contribution in [2.24, 2.45) is 0 Å². The first-order valence-corrected chi connectivity index (χ1v) is 6.81. The second-order valence-corrected chi connectivity index (χ2v) is 5.20. The normalized spacial score (nSPS) is 21.1. The third kappa shape index (κ3) is 2.23. The first kappa shape index (κ1) is 11.9. The van der Waals surface area contributed by atoms with E-state index < -0.39 is 0 Å². The van der Waals surface area contributed by atoms with E-state index in [1.807, 2.05) is 0 Å². The maximum atomic E-state index is 11.5. The maximum Gasteiger partial charge on any atom is 0.266 e. The zero-order chi connectivity index (χ0) is 11.5. The smallest absolute Gasteiger partial charge is 0.266 e. The minimum atomic E-state index is -0.0361. The molecule has 0 spiro atoms. The van der Waals surface area contributed by atoms with Gasteiger partial charge < -0.3 is 9.88 Å². The number of nitrogens with one attached hydrogen (secondary N) is 1. The van der Waals surface area contributed by atoms with E-state index in [1.54, 1.807) is 0 Å². The van der Waals surface area contributed by atoms with Crippen LogP contribution in [0, 0.1) is 3.57 Å². The number of nitrogens with zero attached hydrogens (tertiary/aromatic N) is 2. The van der Waals surface area contributed by atoms with Crippen molar-refractivity contribution < 1.29 is 0 Å². The van der Waals surface area contributed by atoms with Gasteiger partial charge in [-0.1, -0.05) is 6.92 Å². The molecule has 1 aliphatic rings. The molecule has 5 heteroatoms. The summed E-state index contributed by atoms with van der Waals surface area (Å²) in [5, 5.41) is 0. The Labute approximate surface area is 109 Å². The molecule has 2 rings (SSSR count). The molecule has 0 aromatic carbocycles. The average Bonchev–Trinajstić information content (AvgIpc) is 2.33. The van der Waals surface area contributed by atoms with Gasteiger partial charge in [-0.15, -0.1) is 0 Å². The van der Waals surface area contributed by atoms with E-state index in [9.17, 15) is 4.79 Å². The summed E-state index contributed by atoms with van der Waals surface area (Å²) in [5.41, 5.74) is -0.0361. The van der Waals surface area contributed by atoms with Gasteiger partial charge in [0.1, 0.15) is 9.39 Å². The molecule has 0 bridgehead atoms. The molecule has 4 nitrogen and oxygen atoms in total. The second-order valence-electron chi connectivity index (χ2n) is 4.12. The summed E-state index contributed by atoms with van der Waals surface area (Å²) in [6.07, 6.45) is 6.31. The summed E-state index contributed by atoms with van der Waals surface area (Å²) in [5.74, 6) is 0.857. The Bertz CT molecular complexity index is 418. The topological polar surface area (TPSA) is 49.0 Å². The highest BCUT2D eigenvalue weighted by Gasteiger charge is 2.24. The number of rotatable bonds is 2. The van der Waals surface area contributed by atoms with E-state index >= 15 is 0 Å². The van der Waals surface area contributed by atoms with Crippen LogP contribution in [0.2, 0.25) is 0 Å². The fourth-order valence-corrected chi connectivity index (χ4v) is 2.88. The monoisotopic (exact) mass is 333 g/mol. The molecule has 0 saturated carbocycles. The number of halogens is 1. The highest BCUT2D eigenvalue weighted by Crippen LogP contribution is 2.26. The van der Waals surface area contributed by atoms with Gasteiger partial charge in [0.05, 0.1) is 6.33 Å². The standard InChI is InChI=1S/C11H16IN3O/c1-2-8-5-3-4-6-15(8)10-9(12)11(16)14-7-13-10/h7-8H,2-6H2,1H3,(H,13,14,16). The van der Waals surface area contributed by atoms with E-state index in [4.69, 9.17) is 0 Å². The molecule has 0 aliphatic carbocycles. The highest BCUT2D eigenvalue weighted by atomic mass is 127. The Balaban J connectivity index is 2.34. The SMILES string of the molecule is CCC1CCCCN1c1nc[nH]c(=O)c1I. The second kappa shape index (κ2) is 5.16. The van der Waals surface area contributed by atoms with Crippen molar-refractivity contribution in [3.05, 3.63) is 20.3 Å². The fourth-order valence-electron chi connectivity index (χ4n) is 2.28. The van der Waals surface area contributed by atoms with Crippen LogP contribution < -0.4 is 10.5 Å². The molecule has 2 heterocycles. The quantitative estimate of drug-likeness (QED) is 0.844. The summed E-state index contributed by atoms with van der Waals surface area (Å²) >= 11 is 2.09. The number of H-pyrrole nitrogens is 1. The number of hydrogen-bond donors (Lipinski definition) is 1. The third-order valence-electron chi connectivity index (χ3n) is 3.15. The lowest BCUT2D eigenvalue weighted by Gasteiger charge is -2.36. The molecule has 1 aliphatic heterocycles. The van der Waals surface area contributed by atoms with E-state index in [-0.39, 0.29) is 5.56 Å². The summed E-state index contributed by atoms with van der Waals surface area (Å²) < 4.78 is 0.709. The zero-order valence-corrected chi connectivity index (χ0v) is 11.5. The molecule has 0 radical (unpaired) electrons. The summed E-state index contributed by atoms with van der Waals surface area (Å²) in [6, 6.07) is 0.538. The lowest BCUT2D eigenvalue weighted by atomic mass is 10.0. The molecule has 1 unspecified atom stereocenters. The molecular weight excluding hydrogens is 317 g/mol. The van der Waals surface area contributed by atoms with Crippen molar-refractivity contribution in [2.75, 3.05) is 11.4 Å². The molecule has 0 amide bonds. The summed E-state index contributed by atoms with van der Waals surface area (Å²) in [4.78, 5) is 20.8. The van der Waals surface area contributed by atoms with Gasteiger partial charge in [0, 0.05) is 12.6 Å². The Morgan fingerprint density at radius 1 is 1.62 bits per heavy atom. The number of aromatic amines is 1. The largest absolute Gasteiger partial charge is 0.353 e. The van der Waals surface area contributed by atoms with Gasteiger partial charge >= 0.3 is 0 Å². The Kier molecular flexibility index (Phi) is 3.83. The van der Waals surface area contributed by atoms with E-state index in [2.05, 4.69) is 44.4 Å². The molecule has 1 saturated heterocycles. The van der Waals surface area contributed by atoms with Crippen LogP contribution in [0.15, 0.2) is 11.1 Å². The molecule has 1 aromatic rings. The molecule has 1 N–H and O–H groups in total. The molecular formula is C11H16IN3O. The molecule has 1 atom stereocenters. The Morgan fingerprint density at radius 2 is 2.44 bits per heavy atom. The van der Waals surface area contributed by atoms with Gasteiger partial charge in [-0.2, -0.15) is 0 Å². The molecule has 1 fully saturated rings. The number of piperidine rings is 1. The fraction of sp³-hybridized carbons (Fsp3) is 0.636. The first-order valence-electron chi connectivity index (χ1n) is 5.74. The van der Waals surface area contributed by atoms with Gasteiger partial charge in [-0.25, -0.2) is 4.98 Å².